The molecule has 1 saturated carbocycles. The molecule has 0 spiro atoms. The van der Waals surface area contributed by atoms with Gasteiger partial charge in [-0.3, -0.25) is 4.79 Å². The number of rotatable bonds is 4. The van der Waals surface area contributed by atoms with Gasteiger partial charge >= 0.3 is 0 Å². The van der Waals surface area contributed by atoms with Gasteiger partial charge in [0.15, 0.2) is 0 Å². The van der Waals surface area contributed by atoms with Crippen molar-refractivity contribution in [1.29, 1.82) is 0 Å². The summed E-state index contributed by atoms with van der Waals surface area (Å²) in [6.07, 6.45) is 5.16. The molecule has 1 aliphatic carbocycles. The molecule has 1 amide bonds. The van der Waals surface area contributed by atoms with Crippen molar-refractivity contribution in [3.05, 3.63) is 28.5 Å². The summed E-state index contributed by atoms with van der Waals surface area (Å²) >= 11 is 3.29. The third-order valence-electron chi connectivity index (χ3n) is 2.86. The van der Waals surface area contributed by atoms with Crippen molar-refractivity contribution in [1.82, 2.24) is 10.3 Å². The maximum Gasteiger partial charge on any atom is 0.270 e. The number of halogens is 1. The van der Waals surface area contributed by atoms with Crippen LogP contribution in [0.4, 0.5) is 0 Å². The number of hydrogen-bond acceptors (Lipinski definition) is 2. The number of carbonyl (C=O) groups excluding carboxylic acids is 1. The highest BCUT2D eigenvalue weighted by Crippen LogP contribution is 2.34. The van der Waals surface area contributed by atoms with Gasteiger partial charge in [0.05, 0.1) is 0 Å². The Balaban J connectivity index is 1.87. The zero-order valence-corrected chi connectivity index (χ0v) is 10.8. The van der Waals surface area contributed by atoms with Crippen LogP contribution in [0.5, 0.6) is 0 Å². The smallest absolute Gasteiger partial charge is 0.270 e. The first-order chi connectivity index (χ1) is 7.70. The lowest BCUT2D eigenvalue weighted by atomic mass is 10.2. The van der Waals surface area contributed by atoms with Gasteiger partial charge in [0.1, 0.15) is 5.69 Å². The van der Waals surface area contributed by atoms with Gasteiger partial charge in [0.2, 0.25) is 0 Å². The van der Waals surface area contributed by atoms with Crippen LogP contribution in [0.2, 0.25) is 0 Å². The zero-order valence-electron chi connectivity index (χ0n) is 9.24. The summed E-state index contributed by atoms with van der Waals surface area (Å²) in [6.45, 7) is 2.17. The fraction of sp³-hybridized carbons (Fsp3) is 0.500. The molecule has 1 heterocycles. The molecule has 1 aromatic rings. The van der Waals surface area contributed by atoms with Crippen molar-refractivity contribution in [3.8, 4) is 0 Å². The summed E-state index contributed by atoms with van der Waals surface area (Å²) in [6, 6.07) is 3.94. The molecule has 0 bridgehead atoms. The van der Waals surface area contributed by atoms with Gasteiger partial charge < -0.3 is 5.32 Å². The summed E-state index contributed by atoms with van der Waals surface area (Å²) in [5, 5.41) is 3.01. The Hall–Kier alpha value is -0.900. The van der Waals surface area contributed by atoms with Crippen molar-refractivity contribution in [2.75, 3.05) is 0 Å². The Kier molecular flexibility index (Phi) is 3.59. The molecule has 2 rings (SSSR count). The molecular formula is C12H15BrN2O. The summed E-state index contributed by atoms with van der Waals surface area (Å²) in [7, 11) is 0. The summed E-state index contributed by atoms with van der Waals surface area (Å²) in [5.41, 5.74) is 0.491. The van der Waals surface area contributed by atoms with Crippen molar-refractivity contribution in [2.45, 2.75) is 32.2 Å². The van der Waals surface area contributed by atoms with Crippen LogP contribution in [0.1, 0.15) is 36.7 Å². The molecule has 1 aliphatic rings. The normalized spacial score (nSPS) is 22.9. The molecule has 0 saturated heterocycles. The van der Waals surface area contributed by atoms with E-state index in [-0.39, 0.29) is 5.91 Å². The van der Waals surface area contributed by atoms with Crippen LogP contribution in [0, 0.1) is 5.92 Å². The molecular weight excluding hydrogens is 268 g/mol. The predicted molar refractivity (Wildman–Crippen MR) is 66.2 cm³/mol. The highest BCUT2D eigenvalue weighted by atomic mass is 79.9. The van der Waals surface area contributed by atoms with Crippen LogP contribution in [-0.4, -0.2) is 16.9 Å². The maximum atomic E-state index is 11.8. The molecule has 4 heteroatoms. The van der Waals surface area contributed by atoms with Gasteiger partial charge in [-0.15, -0.1) is 0 Å². The molecule has 86 valence electrons. The van der Waals surface area contributed by atoms with E-state index in [1.807, 2.05) is 6.07 Å². The zero-order chi connectivity index (χ0) is 11.5. The van der Waals surface area contributed by atoms with Crippen molar-refractivity contribution in [3.63, 3.8) is 0 Å². The van der Waals surface area contributed by atoms with E-state index in [1.54, 1.807) is 12.3 Å². The van der Waals surface area contributed by atoms with Crippen molar-refractivity contribution in [2.24, 2.45) is 5.92 Å². The second-order valence-corrected chi connectivity index (χ2v) is 5.14. The Morgan fingerprint density at radius 2 is 2.44 bits per heavy atom. The second kappa shape index (κ2) is 4.95. The summed E-state index contributed by atoms with van der Waals surface area (Å²) in [4.78, 5) is 15.8. The lowest BCUT2D eigenvalue weighted by Crippen LogP contribution is -2.27. The number of nitrogens with one attached hydrogen (secondary N) is 1. The number of nitrogens with zero attached hydrogens (tertiary/aromatic N) is 1. The largest absolute Gasteiger partial charge is 0.348 e. The van der Waals surface area contributed by atoms with Crippen LogP contribution < -0.4 is 5.32 Å². The Morgan fingerprint density at radius 1 is 1.62 bits per heavy atom. The average molecular weight is 283 g/mol. The van der Waals surface area contributed by atoms with Crippen molar-refractivity contribution >= 4 is 21.8 Å². The van der Waals surface area contributed by atoms with E-state index >= 15 is 0 Å². The molecule has 16 heavy (non-hydrogen) atoms. The fourth-order valence-electron chi connectivity index (χ4n) is 1.87. The number of carbonyl (C=O) groups is 1. The first-order valence-electron chi connectivity index (χ1n) is 5.63. The Morgan fingerprint density at radius 3 is 3.06 bits per heavy atom. The van der Waals surface area contributed by atoms with E-state index in [0.717, 1.165) is 10.9 Å². The molecule has 2 unspecified atom stereocenters. The van der Waals surface area contributed by atoms with Gasteiger partial charge in [-0.25, -0.2) is 4.98 Å². The summed E-state index contributed by atoms with van der Waals surface area (Å²) < 4.78 is 0.888. The van der Waals surface area contributed by atoms with E-state index in [1.165, 1.54) is 12.8 Å². The third kappa shape index (κ3) is 2.82. The molecule has 1 aromatic heterocycles. The molecule has 0 aromatic carbocycles. The third-order valence-corrected chi connectivity index (χ3v) is 3.33. The predicted octanol–water partition coefficient (Wildman–Crippen LogP) is 2.76. The second-order valence-electron chi connectivity index (χ2n) is 4.23. The SMILES string of the molecule is CCCC1CC1NC(=O)c1ccc(Br)cn1. The number of aromatic nitrogens is 1. The average Bonchev–Trinajstić information content (AvgIpc) is 2.98. The van der Waals surface area contributed by atoms with E-state index in [0.29, 0.717) is 17.7 Å². The van der Waals surface area contributed by atoms with Crippen LogP contribution in [0.3, 0.4) is 0 Å². The van der Waals surface area contributed by atoms with Gasteiger partial charge in [0.25, 0.3) is 5.91 Å². The van der Waals surface area contributed by atoms with Gasteiger partial charge in [0, 0.05) is 16.7 Å². The quantitative estimate of drug-likeness (QED) is 0.923. The molecule has 0 radical (unpaired) electrons. The van der Waals surface area contributed by atoms with Crippen LogP contribution >= 0.6 is 15.9 Å². The van der Waals surface area contributed by atoms with Crippen LogP contribution in [0.15, 0.2) is 22.8 Å². The van der Waals surface area contributed by atoms with E-state index in [2.05, 4.69) is 33.2 Å². The van der Waals surface area contributed by atoms with E-state index in [9.17, 15) is 4.79 Å². The molecule has 3 nitrogen and oxygen atoms in total. The lowest BCUT2D eigenvalue weighted by Gasteiger charge is -2.03. The minimum absolute atomic E-state index is 0.0592. The summed E-state index contributed by atoms with van der Waals surface area (Å²) in [5.74, 6) is 0.625. The Bertz CT molecular complexity index is 377. The first kappa shape index (κ1) is 11.6. The topological polar surface area (TPSA) is 42.0 Å². The molecule has 1 fully saturated rings. The molecule has 0 aliphatic heterocycles. The van der Waals surface area contributed by atoms with Gasteiger partial charge in [-0.2, -0.15) is 0 Å². The van der Waals surface area contributed by atoms with Crippen molar-refractivity contribution < 1.29 is 4.79 Å². The molecule has 1 N–H and O–H groups in total. The van der Waals surface area contributed by atoms with Gasteiger partial charge in [-0.05, 0) is 46.8 Å². The van der Waals surface area contributed by atoms with Gasteiger partial charge in [-0.1, -0.05) is 13.3 Å². The fourth-order valence-corrected chi connectivity index (χ4v) is 2.10. The first-order valence-corrected chi connectivity index (χ1v) is 6.42. The number of pyridine rings is 1. The Labute approximate surface area is 104 Å². The van der Waals surface area contributed by atoms with Crippen LogP contribution in [-0.2, 0) is 0 Å². The number of hydrogen-bond donors (Lipinski definition) is 1. The van der Waals surface area contributed by atoms with E-state index < -0.39 is 0 Å². The minimum Gasteiger partial charge on any atom is -0.348 e. The lowest BCUT2D eigenvalue weighted by molar-refractivity contribution is 0.0944. The highest BCUT2D eigenvalue weighted by molar-refractivity contribution is 9.10. The monoisotopic (exact) mass is 282 g/mol. The minimum atomic E-state index is -0.0592. The maximum absolute atomic E-state index is 11.8. The number of amides is 1. The van der Waals surface area contributed by atoms with E-state index in [4.69, 9.17) is 0 Å². The van der Waals surface area contributed by atoms with Crippen LogP contribution in [0.25, 0.3) is 0 Å². The standard InChI is InChI=1S/C12H15BrN2O/c1-2-3-8-6-11(8)15-12(16)10-5-4-9(13)7-14-10/h4-5,7-8,11H,2-3,6H2,1H3,(H,15,16). The highest BCUT2D eigenvalue weighted by Gasteiger charge is 2.37. The molecule has 2 atom stereocenters.